The van der Waals surface area contributed by atoms with Crippen molar-refractivity contribution >= 4 is 34.9 Å². The van der Waals surface area contributed by atoms with Gasteiger partial charge in [-0.3, -0.25) is 4.79 Å². The van der Waals surface area contributed by atoms with E-state index < -0.39 is 5.97 Å². The number of carboxylic acids is 1. The highest BCUT2D eigenvalue weighted by Gasteiger charge is 2.27. The van der Waals surface area contributed by atoms with Crippen LogP contribution in [0, 0.1) is 0 Å². The highest BCUT2D eigenvalue weighted by Crippen LogP contribution is 2.32. The van der Waals surface area contributed by atoms with Crippen LogP contribution in [-0.4, -0.2) is 54.1 Å². The monoisotopic (exact) mass is 441 g/mol. The molecule has 0 aromatic heterocycles. The largest absolute Gasteiger partial charge is 0.478 e. The number of benzene rings is 2. The molecule has 2 aliphatic rings. The number of anilines is 2. The molecule has 2 saturated heterocycles. The van der Waals surface area contributed by atoms with E-state index in [1.165, 1.54) is 32.4 Å². The van der Waals surface area contributed by atoms with Gasteiger partial charge in [-0.2, -0.15) is 0 Å². The van der Waals surface area contributed by atoms with Crippen LogP contribution in [0.4, 0.5) is 11.4 Å². The van der Waals surface area contributed by atoms with Crippen molar-refractivity contribution < 1.29 is 14.7 Å². The summed E-state index contributed by atoms with van der Waals surface area (Å²) >= 11 is 5.92. The second kappa shape index (κ2) is 9.71. The maximum Gasteiger partial charge on any atom is 0.335 e. The zero-order valence-corrected chi connectivity index (χ0v) is 18.3. The molecule has 2 heterocycles. The van der Waals surface area contributed by atoms with Crippen LogP contribution in [0.5, 0.6) is 0 Å². The number of carboxylic acid groups (broad SMARTS) is 1. The van der Waals surface area contributed by atoms with Gasteiger partial charge in [0.25, 0.3) is 5.91 Å². The fourth-order valence-corrected chi connectivity index (χ4v) is 4.72. The Bertz CT molecular complexity index is 934. The highest BCUT2D eigenvalue weighted by molar-refractivity contribution is 6.30. The SMILES string of the molecule is O=C(O)c1ccc(N2CCC(N3CCCCC3)CC2)c(NC(=O)c2ccc(Cl)cc2)c1. The average Bonchev–Trinajstić information content (AvgIpc) is 2.80. The number of amides is 1. The zero-order chi connectivity index (χ0) is 21.8. The topological polar surface area (TPSA) is 72.9 Å². The van der Waals surface area contributed by atoms with E-state index in [4.69, 9.17) is 11.6 Å². The summed E-state index contributed by atoms with van der Waals surface area (Å²) in [4.78, 5) is 29.2. The molecule has 31 heavy (non-hydrogen) atoms. The molecule has 0 radical (unpaired) electrons. The molecule has 7 heteroatoms. The molecule has 0 atom stereocenters. The van der Waals surface area contributed by atoms with Crippen LogP contribution in [0.3, 0.4) is 0 Å². The molecular weight excluding hydrogens is 414 g/mol. The maximum atomic E-state index is 12.8. The number of carbonyl (C=O) groups is 2. The van der Waals surface area contributed by atoms with Crippen molar-refractivity contribution in [1.82, 2.24) is 4.90 Å². The summed E-state index contributed by atoms with van der Waals surface area (Å²) in [5, 5.41) is 12.9. The van der Waals surface area contributed by atoms with Crippen molar-refractivity contribution in [2.45, 2.75) is 38.1 Å². The van der Waals surface area contributed by atoms with Gasteiger partial charge in [0, 0.05) is 29.7 Å². The predicted octanol–water partition coefficient (Wildman–Crippen LogP) is 4.75. The molecular formula is C24H28ClN3O3. The molecule has 2 aromatic carbocycles. The third kappa shape index (κ3) is 5.20. The maximum absolute atomic E-state index is 12.8. The van der Waals surface area contributed by atoms with Crippen molar-refractivity contribution in [3.8, 4) is 0 Å². The van der Waals surface area contributed by atoms with Gasteiger partial charge in [0.05, 0.1) is 16.9 Å². The van der Waals surface area contributed by atoms with Crippen LogP contribution < -0.4 is 10.2 Å². The van der Waals surface area contributed by atoms with Gasteiger partial charge in [0.15, 0.2) is 0 Å². The highest BCUT2D eigenvalue weighted by atomic mass is 35.5. The molecule has 164 valence electrons. The van der Waals surface area contributed by atoms with Gasteiger partial charge < -0.3 is 20.2 Å². The second-order valence-electron chi connectivity index (χ2n) is 8.31. The van der Waals surface area contributed by atoms with E-state index in [1.807, 2.05) is 6.07 Å². The first-order valence-electron chi connectivity index (χ1n) is 10.9. The van der Waals surface area contributed by atoms with Crippen molar-refractivity contribution in [3.05, 3.63) is 58.6 Å². The minimum atomic E-state index is -1.02. The Labute approximate surface area is 187 Å². The number of aromatic carboxylic acids is 1. The Morgan fingerprint density at radius 1 is 0.903 bits per heavy atom. The first-order chi connectivity index (χ1) is 15.0. The summed E-state index contributed by atoms with van der Waals surface area (Å²) in [5.74, 6) is -1.30. The van der Waals surface area contributed by atoms with Crippen LogP contribution in [0.15, 0.2) is 42.5 Å². The van der Waals surface area contributed by atoms with Gasteiger partial charge >= 0.3 is 5.97 Å². The lowest BCUT2D eigenvalue weighted by Gasteiger charge is -2.41. The zero-order valence-electron chi connectivity index (χ0n) is 17.5. The Balaban J connectivity index is 1.51. The van der Waals surface area contributed by atoms with E-state index >= 15 is 0 Å². The van der Waals surface area contributed by atoms with Crippen molar-refractivity contribution in [1.29, 1.82) is 0 Å². The van der Waals surface area contributed by atoms with Gasteiger partial charge in [0.2, 0.25) is 0 Å². The average molecular weight is 442 g/mol. The van der Waals surface area contributed by atoms with Gasteiger partial charge in [-0.1, -0.05) is 18.0 Å². The van der Waals surface area contributed by atoms with E-state index in [0.29, 0.717) is 22.3 Å². The van der Waals surface area contributed by atoms with Gasteiger partial charge in [-0.15, -0.1) is 0 Å². The lowest BCUT2D eigenvalue weighted by Crippen LogP contribution is -2.46. The van der Waals surface area contributed by atoms with E-state index in [2.05, 4.69) is 15.1 Å². The molecule has 6 nitrogen and oxygen atoms in total. The van der Waals surface area contributed by atoms with Crippen LogP contribution in [0.25, 0.3) is 0 Å². The summed E-state index contributed by atoms with van der Waals surface area (Å²) in [7, 11) is 0. The predicted molar refractivity (Wildman–Crippen MR) is 123 cm³/mol. The number of hydrogen-bond donors (Lipinski definition) is 2. The molecule has 2 aromatic rings. The number of hydrogen-bond acceptors (Lipinski definition) is 4. The summed E-state index contributed by atoms with van der Waals surface area (Å²) in [5.41, 5.74) is 2.01. The molecule has 2 N–H and O–H groups in total. The van der Waals surface area contributed by atoms with Crippen LogP contribution in [-0.2, 0) is 0 Å². The first-order valence-corrected chi connectivity index (χ1v) is 11.3. The quantitative estimate of drug-likeness (QED) is 0.700. The number of carbonyl (C=O) groups excluding carboxylic acids is 1. The van der Waals surface area contributed by atoms with Gasteiger partial charge in [-0.25, -0.2) is 4.79 Å². The van der Waals surface area contributed by atoms with E-state index in [9.17, 15) is 14.7 Å². The normalized spacial score (nSPS) is 18.0. The standard InChI is InChI=1S/C24H28ClN3O3/c25-19-7-4-17(5-8-19)23(29)26-21-16-18(24(30)31)6-9-22(21)28-14-10-20(11-15-28)27-12-2-1-3-13-27/h4-9,16,20H,1-3,10-15H2,(H,26,29)(H,30,31). The fourth-order valence-electron chi connectivity index (χ4n) is 4.60. The lowest BCUT2D eigenvalue weighted by atomic mass is 9.99. The van der Waals surface area contributed by atoms with Crippen molar-refractivity contribution in [2.75, 3.05) is 36.4 Å². The van der Waals surface area contributed by atoms with E-state index in [-0.39, 0.29) is 11.5 Å². The summed E-state index contributed by atoms with van der Waals surface area (Å²) in [6.45, 7) is 4.16. The van der Waals surface area contributed by atoms with Crippen LogP contribution in [0.1, 0.15) is 52.8 Å². The number of likely N-dealkylation sites (tertiary alicyclic amines) is 1. The minimum Gasteiger partial charge on any atom is -0.478 e. The molecule has 4 rings (SSSR count). The third-order valence-electron chi connectivity index (χ3n) is 6.31. The van der Waals surface area contributed by atoms with Crippen LogP contribution >= 0.6 is 11.6 Å². The Hall–Kier alpha value is -2.57. The third-order valence-corrected chi connectivity index (χ3v) is 6.56. The number of piperidine rings is 2. The minimum absolute atomic E-state index is 0.151. The van der Waals surface area contributed by atoms with Gasteiger partial charge in [0.1, 0.15) is 0 Å². The smallest absolute Gasteiger partial charge is 0.335 e. The molecule has 0 saturated carbocycles. The number of halogens is 1. The molecule has 2 aliphatic heterocycles. The number of rotatable bonds is 5. The number of nitrogens with zero attached hydrogens (tertiary/aromatic N) is 2. The second-order valence-corrected chi connectivity index (χ2v) is 8.75. The molecule has 0 aliphatic carbocycles. The van der Waals surface area contributed by atoms with E-state index in [0.717, 1.165) is 31.6 Å². The Morgan fingerprint density at radius 2 is 1.55 bits per heavy atom. The number of nitrogens with one attached hydrogen (secondary N) is 1. The first kappa shape index (κ1) is 21.7. The van der Waals surface area contributed by atoms with Crippen molar-refractivity contribution in [3.63, 3.8) is 0 Å². The summed E-state index contributed by atoms with van der Waals surface area (Å²) in [6.07, 6.45) is 6.06. The Kier molecular flexibility index (Phi) is 6.78. The molecule has 0 spiro atoms. The molecule has 2 fully saturated rings. The molecule has 1 amide bonds. The van der Waals surface area contributed by atoms with Crippen molar-refractivity contribution in [2.24, 2.45) is 0 Å². The summed E-state index contributed by atoms with van der Waals surface area (Å²) < 4.78 is 0. The summed E-state index contributed by atoms with van der Waals surface area (Å²) in [6, 6.07) is 12.2. The van der Waals surface area contributed by atoms with Crippen LogP contribution in [0.2, 0.25) is 5.02 Å². The lowest BCUT2D eigenvalue weighted by molar-refractivity contribution is 0.0696. The van der Waals surface area contributed by atoms with E-state index in [1.54, 1.807) is 36.4 Å². The molecule has 0 unspecified atom stereocenters. The van der Waals surface area contributed by atoms with Gasteiger partial charge in [-0.05, 0) is 81.2 Å². The molecule has 0 bridgehead atoms. The fraction of sp³-hybridized carbons (Fsp3) is 0.417. The Morgan fingerprint density at radius 3 is 2.19 bits per heavy atom.